The topological polar surface area (TPSA) is 82.9 Å². The Bertz CT molecular complexity index is 1210. The van der Waals surface area contributed by atoms with Gasteiger partial charge in [0.15, 0.2) is 0 Å². The van der Waals surface area contributed by atoms with Gasteiger partial charge in [0.05, 0.1) is 12.8 Å². The van der Waals surface area contributed by atoms with Crippen LogP contribution in [0.5, 0.6) is 0 Å². The quantitative estimate of drug-likeness (QED) is 0.519. The average Bonchev–Trinajstić information content (AvgIpc) is 3.48. The molecule has 2 fully saturated rings. The third-order valence-corrected chi connectivity index (χ3v) is 5.76. The van der Waals surface area contributed by atoms with Crippen molar-refractivity contribution in [3.05, 3.63) is 71.7 Å². The second-order valence-corrected chi connectivity index (χ2v) is 7.70. The molecule has 0 bridgehead atoms. The Balaban J connectivity index is 1.54. The summed E-state index contributed by atoms with van der Waals surface area (Å²) < 4.78 is 5.25. The van der Waals surface area contributed by atoms with Crippen LogP contribution in [0.1, 0.15) is 24.2 Å². The summed E-state index contributed by atoms with van der Waals surface area (Å²) >= 11 is 0. The minimum Gasteiger partial charge on any atom is -0.467 e. The van der Waals surface area contributed by atoms with Crippen molar-refractivity contribution in [3.63, 3.8) is 0 Å². The van der Waals surface area contributed by atoms with Gasteiger partial charge in [0.2, 0.25) is 0 Å². The smallest absolute Gasteiger partial charge is 0.331 e. The number of amides is 4. The number of hydrogen-bond donors (Lipinski definition) is 1. The molecule has 1 aromatic heterocycles. The molecule has 0 radical (unpaired) electrons. The van der Waals surface area contributed by atoms with Crippen LogP contribution in [-0.4, -0.2) is 35.8 Å². The Morgan fingerprint density at radius 1 is 0.935 bits per heavy atom. The molecule has 2 aliphatic rings. The summed E-state index contributed by atoms with van der Waals surface area (Å²) in [5.41, 5.74) is 1.83. The molecule has 0 atom stereocenters. The Morgan fingerprint density at radius 2 is 1.71 bits per heavy atom. The van der Waals surface area contributed by atoms with E-state index < -0.39 is 17.8 Å². The van der Waals surface area contributed by atoms with Crippen LogP contribution in [0.25, 0.3) is 16.8 Å². The molecule has 0 saturated carbocycles. The number of carbonyl (C=O) groups is 3. The minimum atomic E-state index is -0.752. The fraction of sp³-hybridized carbons (Fsp3) is 0.208. The van der Waals surface area contributed by atoms with Gasteiger partial charge in [0, 0.05) is 24.2 Å². The van der Waals surface area contributed by atoms with Crippen molar-refractivity contribution in [2.75, 3.05) is 18.0 Å². The first kappa shape index (κ1) is 19.1. The van der Waals surface area contributed by atoms with E-state index in [2.05, 4.69) is 16.3 Å². The van der Waals surface area contributed by atoms with E-state index in [1.54, 1.807) is 18.2 Å². The first-order chi connectivity index (χ1) is 15.1. The van der Waals surface area contributed by atoms with E-state index in [9.17, 15) is 14.4 Å². The Morgan fingerprint density at radius 3 is 2.45 bits per heavy atom. The molecule has 3 aromatic rings. The Kier molecular flexibility index (Phi) is 4.78. The van der Waals surface area contributed by atoms with Gasteiger partial charge in [-0.05, 0) is 48.1 Å². The summed E-state index contributed by atoms with van der Waals surface area (Å²) in [7, 11) is 0. The molecule has 3 heterocycles. The number of hydrogen-bond acceptors (Lipinski definition) is 5. The normalized spacial score (nSPS) is 18.3. The monoisotopic (exact) mass is 415 g/mol. The lowest BCUT2D eigenvalue weighted by Crippen LogP contribution is -2.53. The highest BCUT2D eigenvalue weighted by atomic mass is 16.3. The van der Waals surface area contributed by atoms with E-state index in [4.69, 9.17) is 4.42 Å². The standard InChI is InChI=1S/C24H21N3O4/c28-22-20(23(29)27(24(30)25-22)15-17-6-5-13-31-17)14-16-9-10-21(26-11-3-4-12-26)19-8-2-1-7-18(16)19/h1-2,5-10,13-14H,3-4,11-12,15H2,(H,25,28,30). The van der Waals surface area contributed by atoms with Crippen molar-refractivity contribution in [3.8, 4) is 0 Å². The first-order valence-electron chi connectivity index (χ1n) is 10.3. The molecular weight excluding hydrogens is 394 g/mol. The fourth-order valence-electron chi connectivity index (χ4n) is 4.22. The van der Waals surface area contributed by atoms with Crippen molar-refractivity contribution < 1.29 is 18.8 Å². The van der Waals surface area contributed by atoms with Gasteiger partial charge in [-0.15, -0.1) is 0 Å². The molecule has 156 valence electrons. The summed E-state index contributed by atoms with van der Waals surface area (Å²) in [5.74, 6) is -0.881. The predicted molar refractivity (Wildman–Crippen MR) is 116 cm³/mol. The molecule has 0 spiro atoms. The molecule has 1 N–H and O–H groups in total. The molecule has 2 aromatic carbocycles. The number of barbiturate groups is 1. The molecule has 2 aliphatic heterocycles. The molecule has 7 nitrogen and oxygen atoms in total. The summed E-state index contributed by atoms with van der Waals surface area (Å²) in [6.45, 7) is 2.00. The Labute approximate surface area is 178 Å². The van der Waals surface area contributed by atoms with Crippen molar-refractivity contribution in [2.24, 2.45) is 0 Å². The highest BCUT2D eigenvalue weighted by molar-refractivity contribution is 6.31. The number of carbonyl (C=O) groups excluding carboxylic acids is 3. The number of nitrogens with zero attached hydrogens (tertiary/aromatic N) is 2. The fourth-order valence-corrected chi connectivity index (χ4v) is 4.22. The average molecular weight is 415 g/mol. The number of rotatable bonds is 4. The van der Waals surface area contributed by atoms with E-state index in [1.165, 1.54) is 19.1 Å². The van der Waals surface area contributed by atoms with Crippen molar-refractivity contribution in [1.82, 2.24) is 10.2 Å². The highest BCUT2D eigenvalue weighted by Crippen LogP contribution is 2.33. The molecule has 5 rings (SSSR count). The van der Waals surface area contributed by atoms with Crippen LogP contribution in [0.3, 0.4) is 0 Å². The van der Waals surface area contributed by atoms with Crippen LogP contribution < -0.4 is 10.2 Å². The second-order valence-electron chi connectivity index (χ2n) is 7.70. The maximum atomic E-state index is 13.0. The number of furan rings is 1. The van der Waals surface area contributed by atoms with Gasteiger partial charge < -0.3 is 9.32 Å². The van der Waals surface area contributed by atoms with Crippen LogP contribution in [-0.2, 0) is 16.1 Å². The summed E-state index contributed by atoms with van der Waals surface area (Å²) in [4.78, 5) is 41.1. The third kappa shape index (κ3) is 3.48. The third-order valence-electron chi connectivity index (χ3n) is 5.76. The highest BCUT2D eigenvalue weighted by Gasteiger charge is 2.36. The first-order valence-corrected chi connectivity index (χ1v) is 10.3. The zero-order valence-corrected chi connectivity index (χ0v) is 16.8. The zero-order chi connectivity index (χ0) is 21.4. The van der Waals surface area contributed by atoms with Gasteiger partial charge in [-0.2, -0.15) is 0 Å². The second kappa shape index (κ2) is 7.75. The predicted octanol–water partition coefficient (Wildman–Crippen LogP) is 3.70. The molecule has 31 heavy (non-hydrogen) atoms. The van der Waals surface area contributed by atoms with Gasteiger partial charge in [-0.1, -0.05) is 30.3 Å². The molecule has 0 aliphatic carbocycles. The van der Waals surface area contributed by atoms with Crippen LogP contribution in [0.4, 0.5) is 10.5 Å². The van der Waals surface area contributed by atoms with E-state index in [0.29, 0.717) is 5.76 Å². The van der Waals surface area contributed by atoms with E-state index in [1.807, 2.05) is 30.3 Å². The number of benzene rings is 2. The number of urea groups is 1. The molecule has 4 amide bonds. The number of anilines is 1. The van der Waals surface area contributed by atoms with Crippen molar-refractivity contribution in [1.29, 1.82) is 0 Å². The van der Waals surface area contributed by atoms with Crippen LogP contribution in [0, 0.1) is 0 Å². The lowest BCUT2D eigenvalue weighted by molar-refractivity contribution is -0.130. The van der Waals surface area contributed by atoms with Gasteiger partial charge in [0.25, 0.3) is 11.8 Å². The molecule has 7 heteroatoms. The summed E-state index contributed by atoms with van der Waals surface area (Å²) in [5, 5.41) is 4.28. The number of nitrogens with one attached hydrogen (secondary N) is 1. The van der Waals surface area contributed by atoms with E-state index in [0.717, 1.165) is 40.0 Å². The number of imide groups is 2. The molecule has 0 unspecified atom stereocenters. The van der Waals surface area contributed by atoms with Gasteiger partial charge in [-0.3, -0.25) is 19.8 Å². The van der Waals surface area contributed by atoms with Crippen LogP contribution in [0.15, 0.2) is 64.8 Å². The molecule has 2 saturated heterocycles. The Hall–Kier alpha value is -3.87. The van der Waals surface area contributed by atoms with Crippen molar-refractivity contribution in [2.45, 2.75) is 19.4 Å². The van der Waals surface area contributed by atoms with Gasteiger partial charge >= 0.3 is 6.03 Å². The maximum Gasteiger partial charge on any atom is 0.331 e. The van der Waals surface area contributed by atoms with E-state index >= 15 is 0 Å². The minimum absolute atomic E-state index is 0.0447. The van der Waals surface area contributed by atoms with Crippen LogP contribution >= 0.6 is 0 Å². The SMILES string of the molecule is O=C1NC(=O)N(Cc2ccco2)C(=O)C1=Cc1ccc(N2CCCC2)c2ccccc12. The largest absolute Gasteiger partial charge is 0.467 e. The van der Waals surface area contributed by atoms with Gasteiger partial charge in [-0.25, -0.2) is 4.79 Å². The van der Waals surface area contributed by atoms with Crippen molar-refractivity contribution >= 4 is 40.4 Å². The lowest BCUT2D eigenvalue weighted by Gasteiger charge is -2.26. The van der Waals surface area contributed by atoms with E-state index in [-0.39, 0.29) is 12.1 Å². The summed E-state index contributed by atoms with van der Waals surface area (Å²) in [6, 6.07) is 14.5. The summed E-state index contributed by atoms with van der Waals surface area (Å²) in [6.07, 6.45) is 5.38. The van der Waals surface area contributed by atoms with Gasteiger partial charge in [0.1, 0.15) is 11.3 Å². The lowest BCUT2D eigenvalue weighted by atomic mass is 9.99. The molecular formula is C24H21N3O4. The van der Waals surface area contributed by atoms with Crippen LogP contribution in [0.2, 0.25) is 0 Å². The zero-order valence-electron chi connectivity index (χ0n) is 16.8. The number of fused-ring (bicyclic) bond motifs is 1. The maximum absolute atomic E-state index is 13.0.